The Morgan fingerprint density at radius 3 is 2.52 bits per heavy atom. The predicted octanol–water partition coefficient (Wildman–Crippen LogP) is 5.39. The van der Waals surface area contributed by atoms with E-state index >= 15 is 0 Å². The molecule has 0 aromatic heterocycles. The van der Waals surface area contributed by atoms with Crippen molar-refractivity contribution in [2.24, 2.45) is 0 Å². The van der Waals surface area contributed by atoms with E-state index in [2.05, 4.69) is 52.0 Å². The number of aryl methyl sites for hydroxylation is 1. The third-order valence-electron chi connectivity index (χ3n) is 3.23. The summed E-state index contributed by atoms with van der Waals surface area (Å²) in [5.74, 6) is 0.940. The van der Waals surface area contributed by atoms with Crippen molar-refractivity contribution in [2.75, 3.05) is 13.7 Å². The molecule has 0 unspecified atom stereocenters. The van der Waals surface area contributed by atoms with Gasteiger partial charge in [0.25, 0.3) is 0 Å². The molecule has 0 bridgehead atoms. The van der Waals surface area contributed by atoms with Crippen molar-refractivity contribution in [1.29, 1.82) is 0 Å². The quantitative estimate of drug-likeness (QED) is 0.597. The van der Waals surface area contributed by atoms with Crippen molar-refractivity contribution in [3.63, 3.8) is 0 Å². The molecule has 2 nitrogen and oxygen atoms in total. The van der Waals surface area contributed by atoms with E-state index in [1.807, 2.05) is 6.07 Å². The van der Waals surface area contributed by atoms with Crippen LogP contribution in [0.15, 0.2) is 24.3 Å². The molecule has 0 saturated carbocycles. The van der Waals surface area contributed by atoms with Gasteiger partial charge in [-0.15, -0.1) is 0 Å². The summed E-state index contributed by atoms with van der Waals surface area (Å²) in [6.07, 6.45) is 9.06. The Kier molecular flexibility index (Phi) is 7.52. The summed E-state index contributed by atoms with van der Waals surface area (Å²) in [6.45, 7) is 9.27. The van der Waals surface area contributed by atoms with Crippen LogP contribution in [0, 0.1) is 6.92 Å². The van der Waals surface area contributed by atoms with Crippen LogP contribution < -0.4 is 4.74 Å². The largest absolute Gasteiger partial charge is 0.496 e. The van der Waals surface area contributed by atoms with Crippen LogP contribution in [-0.2, 0) is 4.74 Å². The maximum absolute atomic E-state index is 5.71. The van der Waals surface area contributed by atoms with Crippen LogP contribution in [0.2, 0.25) is 0 Å². The van der Waals surface area contributed by atoms with E-state index < -0.39 is 0 Å². The normalized spacial score (nSPS) is 12.0. The highest BCUT2D eigenvalue weighted by atomic mass is 16.5. The Bertz CT molecular complexity index is 441. The first-order valence-corrected chi connectivity index (χ1v) is 7.87. The van der Waals surface area contributed by atoms with Gasteiger partial charge in [0, 0.05) is 12.2 Å². The molecule has 0 fully saturated rings. The summed E-state index contributed by atoms with van der Waals surface area (Å²) >= 11 is 0. The van der Waals surface area contributed by atoms with Crippen molar-refractivity contribution in [2.45, 2.75) is 59.0 Å². The molecule has 1 aromatic carbocycles. The van der Waals surface area contributed by atoms with Crippen LogP contribution in [0.5, 0.6) is 5.75 Å². The number of unbranched alkanes of at least 4 members (excludes halogenated alkanes) is 3. The molecule has 0 aliphatic heterocycles. The van der Waals surface area contributed by atoms with E-state index in [0.29, 0.717) is 0 Å². The smallest absolute Gasteiger partial charge is 0.126 e. The summed E-state index contributed by atoms with van der Waals surface area (Å²) in [5.41, 5.74) is 2.41. The SMILES string of the molecule is COc1ccc(C)cc1/C=C/CCCCCOC(C)(C)C. The minimum Gasteiger partial charge on any atom is -0.496 e. The molecule has 0 heterocycles. The highest BCUT2D eigenvalue weighted by molar-refractivity contribution is 5.58. The Labute approximate surface area is 130 Å². The number of allylic oxidation sites excluding steroid dienone is 1. The lowest BCUT2D eigenvalue weighted by Gasteiger charge is -2.19. The van der Waals surface area contributed by atoms with Crippen LogP contribution in [0.4, 0.5) is 0 Å². The number of ether oxygens (including phenoxy) is 2. The average Bonchev–Trinajstić information content (AvgIpc) is 2.41. The zero-order valence-corrected chi connectivity index (χ0v) is 14.2. The minimum absolute atomic E-state index is 0.0123. The number of hydrogen-bond donors (Lipinski definition) is 0. The first kappa shape index (κ1) is 17.8. The Hall–Kier alpha value is -1.28. The Balaban J connectivity index is 2.25. The Morgan fingerprint density at radius 1 is 1.10 bits per heavy atom. The predicted molar refractivity (Wildman–Crippen MR) is 90.9 cm³/mol. The fraction of sp³-hybridized carbons (Fsp3) is 0.579. The van der Waals surface area contributed by atoms with Crippen molar-refractivity contribution in [3.8, 4) is 5.75 Å². The van der Waals surface area contributed by atoms with Gasteiger partial charge < -0.3 is 9.47 Å². The van der Waals surface area contributed by atoms with Crippen molar-refractivity contribution >= 4 is 6.08 Å². The molecule has 2 heteroatoms. The molecular weight excluding hydrogens is 260 g/mol. The topological polar surface area (TPSA) is 18.5 Å². The van der Waals surface area contributed by atoms with Gasteiger partial charge in [0.2, 0.25) is 0 Å². The van der Waals surface area contributed by atoms with Gasteiger partial charge in [-0.05, 0) is 59.1 Å². The van der Waals surface area contributed by atoms with E-state index in [0.717, 1.165) is 30.8 Å². The molecule has 0 atom stereocenters. The summed E-state index contributed by atoms with van der Waals surface area (Å²) < 4.78 is 11.1. The number of methoxy groups -OCH3 is 1. The first-order chi connectivity index (χ1) is 9.92. The van der Waals surface area contributed by atoms with E-state index in [9.17, 15) is 0 Å². The van der Waals surface area contributed by atoms with Crippen molar-refractivity contribution in [3.05, 3.63) is 35.4 Å². The molecule has 1 rings (SSSR count). The van der Waals surface area contributed by atoms with Crippen LogP contribution in [-0.4, -0.2) is 19.3 Å². The molecule has 118 valence electrons. The second-order valence-electron chi connectivity index (χ2n) is 6.46. The standard InChI is InChI=1S/C19H30O2/c1-16-12-13-18(20-5)17(15-16)11-9-7-6-8-10-14-21-19(2,3)4/h9,11-13,15H,6-8,10,14H2,1-5H3/b11-9+. The van der Waals surface area contributed by atoms with Gasteiger partial charge in [-0.1, -0.05) is 30.2 Å². The van der Waals surface area contributed by atoms with Gasteiger partial charge >= 0.3 is 0 Å². The monoisotopic (exact) mass is 290 g/mol. The minimum atomic E-state index is -0.0123. The molecule has 21 heavy (non-hydrogen) atoms. The lowest BCUT2D eigenvalue weighted by Crippen LogP contribution is -2.19. The first-order valence-electron chi connectivity index (χ1n) is 7.87. The van der Waals surface area contributed by atoms with Gasteiger partial charge in [-0.2, -0.15) is 0 Å². The van der Waals surface area contributed by atoms with E-state index in [-0.39, 0.29) is 5.60 Å². The van der Waals surface area contributed by atoms with Crippen LogP contribution in [0.25, 0.3) is 6.08 Å². The van der Waals surface area contributed by atoms with Crippen molar-refractivity contribution in [1.82, 2.24) is 0 Å². The summed E-state index contributed by atoms with van der Waals surface area (Å²) in [5, 5.41) is 0. The van der Waals surface area contributed by atoms with Crippen molar-refractivity contribution < 1.29 is 9.47 Å². The number of rotatable bonds is 8. The zero-order chi connectivity index (χ0) is 15.7. The summed E-state index contributed by atoms with van der Waals surface area (Å²) in [6, 6.07) is 6.26. The fourth-order valence-corrected chi connectivity index (χ4v) is 2.11. The van der Waals surface area contributed by atoms with E-state index in [4.69, 9.17) is 9.47 Å². The third kappa shape index (κ3) is 7.91. The van der Waals surface area contributed by atoms with Crippen LogP contribution in [0.1, 0.15) is 57.6 Å². The molecule has 0 radical (unpaired) electrons. The fourth-order valence-electron chi connectivity index (χ4n) is 2.11. The van der Waals surface area contributed by atoms with Gasteiger partial charge in [0.1, 0.15) is 5.75 Å². The average molecular weight is 290 g/mol. The summed E-state index contributed by atoms with van der Waals surface area (Å²) in [4.78, 5) is 0. The van der Waals surface area contributed by atoms with Crippen LogP contribution in [0.3, 0.4) is 0 Å². The highest BCUT2D eigenvalue weighted by Gasteiger charge is 2.08. The summed E-state index contributed by atoms with van der Waals surface area (Å²) in [7, 11) is 1.72. The highest BCUT2D eigenvalue weighted by Crippen LogP contribution is 2.21. The van der Waals surface area contributed by atoms with Gasteiger partial charge in [0.05, 0.1) is 12.7 Å². The Morgan fingerprint density at radius 2 is 1.86 bits per heavy atom. The lowest BCUT2D eigenvalue weighted by molar-refractivity contribution is -0.00468. The second-order valence-corrected chi connectivity index (χ2v) is 6.46. The molecule has 0 aliphatic rings. The molecule has 1 aromatic rings. The lowest BCUT2D eigenvalue weighted by atomic mass is 10.1. The van der Waals surface area contributed by atoms with Gasteiger partial charge in [-0.25, -0.2) is 0 Å². The molecular formula is C19H30O2. The third-order valence-corrected chi connectivity index (χ3v) is 3.23. The van der Waals surface area contributed by atoms with Gasteiger partial charge in [0.15, 0.2) is 0 Å². The molecule has 0 aliphatic carbocycles. The number of benzene rings is 1. The maximum atomic E-state index is 5.71. The van der Waals surface area contributed by atoms with E-state index in [1.54, 1.807) is 7.11 Å². The molecule has 0 N–H and O–H groups in total. The molecule has 0 saturated heterocycles. The maximum Gasteiger partial charge on any atom is 0.126 e. The molecule has 0 amide bonds. The number of hydrogen-bond acceptors (Lipinski definition) is 2. The second kappa shape index (κ2) is 8.89. The zero-order valence-electron chi connectivity index (χ0n) is 14.2. The van der Waals surface area contributed by atoms with E-state index in [1.165, 1.54) is 18.4 Å². The van der Waals surface area contributed by atoms with Gasteiger partial charge in [-0.3, -0.25) is 0 Å². The molecule has 0 spiro atoms. The van der Waals surface area contributed by atoms with Crippen LogP contribution >= 0.6 is 0 Å².